The summed E-state index contributed by atoms with van der Waals surface area (Å²) in [5.41, 5.74) is 2.14. The van der Waals surface area contributed by atoms with Gasteiger partial charge in [0, 0.05) is 11.3 Å². The van der Waals surface area contributed by atoms with Gasteiger partial charge in [0.15, 0.2) is 11.5 Å². The highest BCUT2D eigenvalue weighted by Crippen LogP contribution is 2.30. The number of sulfonamides is 1. The van der Waals surface area contributed by atoms with Gasteiger partial charge in [-0.2, -0.15) is 0 Å². The SMILES string of the molecule is Cc1ccc(C)c(S(=O)(=O)Nc2cccc(C(=O)NC[C@H]3COc4ccccc4O3)c2)c1. The average Bonchev–Trinajstić information content (AvgIpc) is 2.78. The van der Waals surface area contributed by atoms with Crippen molar-refractivity contribution in [1.29, 1.82) is 0 Å². The fourth-order valence-electron chi connectivity index (χ4n) is 3.40. The van der Waals surface area contributed by atoms with E-state index < -0.39 is 10.0 Å². The number of nitrogens with one attached hydrogen (secondary N) is 2. The second-order valence-electron chi connectivity index (χ2n) is 7.66. The molecular formula is C24H24N2O5S. The molecule has 166 valence electrons. The Morgan fingerprint density at radius 3 is 2.59 bits per heavy atom. The van der Waals surface area contributed by atoms with Crippen molar-refractivity contribution in [2.24, 2.45) is 0 Å². The predicted octanol–water partition coefficient (Wildman–Crippen LogP) is 3.67. The summed E-state index contributed by atoms with van der Waals surface area (Å²) in [7, 11) is -3.79. The summed E-state index contributed by atoms with van der Waals surface area (Å²) in [6.45, 7) is 4.16. The van der Waals surface area contributed by atoms with Gasteiger partial charge in [0.05, 0.1) is 11.4 Å². The molecule has 1 amide bonds. The van der Waals surface area contributed by atoms with Gasteiger partial charge >= 0.3 is 0 Å². The van der Waals surface area contributed by atoms with Crippen molar-refractivity contribution < 1.29 is 22.7 Å². The standard InChI is InChI=1S/C24H24N2O5S/c1-16-10-11-17(2)23(12-16)32(28,29)26-19-7-5-6-18(13-19)24(27)25-14-20-15-30-21-8-3-4-9-22(21)31-20/h3-13,20,26H,14-15H2,1-2H3,(H,25,27)/t20-/m0/s1. The number of benzene rings is 3. The minimum absolute atomic E-state index is 0.210. The molecule has 1 heterocycles. The van der Waals surface area contributed by atoms with Crippen molar-refractivity contribution in [2.75, 3.05) is 17.9 Å². The van der Waals surface area contributed by atoms with Gasteiger partial charge < -0.3 is 14.8 Å². The van der Waals surface area contributed by atoms with Crippen LogP contribution in [0, 0.1) is 13.8 Å². The number of hydrogen-bond donors (Lipinski definition) is 2. The van der Waals surface area contributed by atoms with Crippen molar-refractivity contribution in [2.45, 2.75) is 24.8 Å². The van der Waals surface area contributed by atoms with Crippen molar-refractivity contribution in [3.05, 3.63) is 83.4 Å². The lowest BCUT2D eigenvalue weighted by Crippen LogP contribution is -2.40. The molecule has 0 spiro atoms. The molecule has 8 heteroatoms. The molecule has 0 bridgehead atoms. The highest BCUT2D eigenvalue weighted by Gasteiger charge is 2.22. The van der Waals surface area contributed by atoms with Crippen molar-refractivity contribution >= 4 is 21.6 Å². The first kappa shape index (κ1) is 21.7. The number of ether oxygens (including phenoxy) is 2. The maximum atomic E-state index is 12.8. The summed E-state index contributed by atoms with van der Waals surface area (Å²) in [6.07, 6.45) is -0.320. The highest BCUT2D eigenvalue weighted by atomic mass is 32.2. The average molecular weight is 453 g/mol. The zero-order chi connectivity index (χ0) is 22.7. The first-order valence-electron chi connectivity index (χ1n) is 10.2. The molecule has 1 atom stereocenters. The topological polar surface area (TPSA) is 93.7 Å². The minimum Gasteiger partial charge on any atom is -0.486 e. The zero-order valence-electron chi connectivity index (χ0n) is 17.8. The summed E-state index contributed by atoms with van der Waals surface area (Å²) in [5, 5.41) is 2.82. The van der Waals surface area contributed by atoms with E-state index in [1.807, 2.05) is 37.3 Å². The molecule has 0 fully saturated rings. The van der Waals surface area contributed by atoms with Gasteiger partial charge in [-0.15, -0.1) is 0 Å². The molecule has 1 aliphatic heterocycles. The van der Waals surface area contributed by atoms with E-state index in [1.165, 1.54) is 6.07 Å². The molecule has 0 aliphatic carbocycles. The Bertz CT molecular complexity index is 1260. The Labute approximate surface area is 187 Å². The van der Waals surface area contributed by atoms with Crippen LogP contribution < -0.4 is 19.5 Å². The Balaban J connectivity index is 1.41. The first-order valence-corrected chi connectivity index (χ1v) is 11.7. The van der Waals surface area contributed by atoms with Crippen LogP contribution in [0.2, 0.25) is 0 Å². The second-order valence-corrected chi connectivity index (χ2v) is 9.31. The lowest BCUT2D eigenvalue weighted by molar-refractivity contribution is 0.0789. The van der Waals surface area contributed by atoms with Crippen LogP contribution in [0.15, 0.2) is 71.6 Å². The third kappa shape index (κ3) is 4.86. The molecule has 0 saturated carbocycles. The third-order valence-corrected chi connectivity index (χ3v) is 6.59. The molecule has 7 nitrogen and oxygen atoms in total. The van der Waals surface area contributed by atoms with E-state index in [2.05, 4.69) is 10.0 Å². The van der Waals surface area contributed by atoms with Gasteiger partial charge in [0.25, 0.3) is 15.9 Å². The van der Waals surface area contributed by atoms with Crippen LogP contribution >= 0.6 is 0 Å². The molecule has 0 saturated heterocycles. The van der Waals surface area contributed by atoms with E-state index in [1.54, 1.807) is 37.3 Å². The molecule has 0 aromatic heterocycles. The van der Waals surface area contributed by atoms with Gasteiger partial charge in [-0.05, 0) is 61.4 Å². The summed E-state index contributed by atoms with van der Waals surface area (Å²) < 4.78 is 39.8. The van der Waals surface area contributed by atoms with Crippen LogP contribution in [-0.2, 0) is 10.0 Å². The molecule has 0 radical (unpaired) electrons. The van der Waals surface area contributed by atoms with Crippen LogP contribution in [0.25, 0.3) is 0 Å². The van der Waals surface area contributed by atoms with E-state index in [0.717, 1.165) is 5.56 Å². The number of anilines is 1. The fraction of sp³-hybridized carbons (Fsp3) is 0.208. The zero-order valence-corrected chi connectivity index (χ0v) is 18.6. The van der Waals surface area contributed by atoms with Crippen LogP contribution in [0.3, 0.4) is 0 Å². The quantitative estimate of drug-likeness (QED) is 0.595. The lowest BCUT2D eigenvalue weighted by atomic mass is 10.2. The molecule has 1 aliphatic rings. The number of aryl methyl sites for hydroxylation is 2. The second kappa shape index (κ2) is 8.92. The number of carbonyl (C=O) groups is 1. The number of para-hydroxylation sites is 2. The Kier molecular flexibility index (Phi) is 6.05. The van der Waals surface area contributed by atoms with E-state index in [-0.39, 0.29) is 23.5 Å². The molecule has 4 rings (SSSR count). The van der Waals surface area contributed by atoms with E-state index in [4.69, 9.17) is 9.47 Å². The van der Waals surface area contributed by atoms with Crippen LogP contribution in [0.5, 0.6) is 11.5 Å². The Morgan fingerprint density at radius 2 is 1.78 bits per heavy atom. The monoisotopic (exact) mass is 452 g/mol. The summed E-state index contributed by atoms with van der Waals surface area (Å²) in [5.74, 6) is 0.986. The van der Waals surface area contributed by atoms with Crippen molar-refractivity contribution in [3.63, 3.8) is 0 Å². The van der Waals surface area contributed by atoms with Crippen molar-refractivity contribution in [3.8, 4) is 11.5 Å². The largest absolute Gasteiger partial charge is 0.486 e. The molecular weight excluding hydrogens is 428 g/mol. The van der Waals surface area contributed by atoms with E-state index in [0.29, 0.717) is 34.9 Å². The van der Waals surface area contributed by atoms with Gasteiger partial charge in [-0.3, -0.25) is 9.52 Å². The molecule has 3 aromatic rings. The van der Waals surface area contributed by atoms with Gasteiger partial charge in [-0.25, -0.2) is 8.42 Å². The van der Waals surface area contributed by atoms with Gasteiger partial charge in [0.1, 0.15) is 12.7 Å². The highest BCUT2D eigenvalue weighted by molar-refractivity contribution is 7.92. The summed E-state index contributed by atoms with van der Waals surface area (Å²) >= 11 is 0. The third-order valence-electron chi connectivity index (χ3n) is 5.07. The maximum Gasteiger partial charge on any atom is 0.262 e. The van der Waals surface area contributed by atoms with E-state index >= 15 is 0 Å². The van der Waals surface area contributed by atoms with Gasteiger partial charge in [0.2, 0.25) is 0 Å². The molecule has 32 heavy (non-hydrogen) atoms. The molecule has 3 aromatic carbocycles. The Morgan fingerprint density at radius 1 is 1.00 bits per heavy atom. The number of carbonyl (C=O) groups excluding carboxylic acids is 1. The number of hydrogen-bond acceptors (Lipinski definition) is 5. The van der Waals surface area contributed by atoms with E-state index in [9.17, 15) is 13.2 Å². The van der Waals surface area contributed by atoms with Crippen LogP contribution in [0.1, 0.15) is 21.5 Å². The minimum atomic E-state index is -3.79. The molecule has 2 N–H and O–H groups in total. The van der Waals surface area contributed by atoms with Crippen LogP contribution in [-0.4, -0.2) is 33.6 Å². The first-order chi connectivity index (χ1) is 15.3. The summed E-state index contributed by atoms with van der Waals surface area (Å²) in [6, 6.07) is 19.0. The smallest absolute Gasteiger partial charge is 0.262 e. The Hall–Kier alpha value is -3.52. The van der Waals surface area contributed by atoms with Gasteiger partial charge in [-0.1, -0.05) is 30.3 Å². The maximum absolute atomic E-state index is 12.8. The predicted molar refractivity (Wildman–Crippen MR) is 122 cm³/mol. The number of rotatable bonds is 6. The van der Waals surface area contributed by atoms with Crippen LogP contribution in [0.4, 0.5) is 5.69 Å². The normalized spacial score (nSPS) is 15.1. The fourth-order valence-corrected chi connectivity index (χ4v) is 4.78. The summed E-state index contributed by atoms with van der Waals surface area (Å²) in [4.78, 5) is 12.8. The number of fused-ring (bicyclic) bond motifs is 1. The molecule has 0 unspecified atom stereocenters. The number of amides is 1. The van der Waals surface area contributed by atoms with Crippen molar-refractivity contribution in [1.82, 2.24) is 5.32 Å². The lowest BCUT2D eigenvalue weighted by Gasteiger charge is -2.26.